The van der Waals surface area contributed by atoms with Crippen LogP contribution in [0.25, 0.3) is 10.2 Å². The summed E-state index contributed by atoms with van der Waals surface area (Å²) in [5.74, 6) is 1.52. The summed E-state index contributed by atoms with van der Waals surface area (Å²) in [4.78, 5) is 35.4. The molecule has 1 aliphatic heterocycles. The van der Waals surface area contributed by atoms with Gasteiger partial charge in [0.2, 0.25) is 6.79 Å². The van der Waals surface area contributed by atoms with Gasteiger partial charge in [-0.3, -0.25) is 9.59 Å². The molecule has 0 radical (unpaired) electrons. The second kappa shape index (κ2) is 6.67. The van der Waals surface area contributed by atoms with Crippen molar-refractivity contribution in [3.05, 3.63) is 44.8 Å². The molecule has 0 bridgehead atoms. The highest BCUT2D eigenvalue weighted by Gasteiger charge is 2.20. The fourth-order valence-corrected chi connectivity index (χ4v) is 4.04. The molecule has 4 rings (SSSR count). The van der Waals surface area contributed by atoms with Crippen molar-refractivity contribution in [1.82, 2.24) is 14.9 Å². The average molecular weight is 386 g/mol. The van der Waals surface area contributed by atoms with Crippen LogP contribution >= 0.6 is 11.3 Å². The molecular formula is C18H18N4O4S. The minimum atomic E-state index is -0.289. The number of carbonyl (C=O) groups is 1. The molecule has 2 N–H and O–H groups in total. The Morgan fingerprint density at radius 1 is 1.33 bits per heavy atom. The van der Waals surface area contributed by atoms with Crippen LogP contribution in [0.4, 0.5) is 5.69 Å². The van der Waals surface area contributed by atoms with Gasteiger partial charge >= 0.3 is 0 Å². The Morgan fingerprint density at radius 2 is 2.11 bits per heavy atom. The van der Waals surface area contributed by atoms with Crippen molar-refractivity contribution in [2.45, 2.75) is 13.5 Å². The Hall–Kier alpha value is -2.91. The number of ether oxygens (including phenoxy) is 2. The first-order valence-electron chi connectivity index (χ1n) is 8.30. The van der Waals surface area contributed by atoms with Gasteiger partial charge in [0.25, 0.3) is 11.5 Å². The molecule has 3 aromatic rings. The smallest absolute Gasteiger partial charge is 0.266 e. The molecule has 0 unspecified atom stereocenters. The number of fused-ring (bicyclic) bond motifs is 2. The molecule has 2 aromatic heterocycles. The zero-order valence-electron chi connectivity index (χ0n) is 15.1. The van der Waals surface area contributed by atoms with E-state index in [0.717, 1.165) is 0 Å². The Labute approximate surface area is 158 Å². The molecular weight excluding hydrogens is 368 g/mol. The number of thiophene rings is 1. The second-order valence-corrected chi connectivity index (χ2v) is 7.51. The molecule has 27 heavy (non-hydrogen) atoms. The highest BCUT2D eigenvalue weighted by molar-refractivity contribution is 7.20. The van der Waals surface area contributed by atoms with Crippen LogP contribution in [0.5, 0.6) is 11.5 Å². The molecule has 0 aliphatic carbocycles. The van der Waals surface area contributed by atoms with Gasteiger partial charge in [0, 0.05) is 11.8 Å². The van der Waals surface area contributed by atoms with E-state index in [9.17, 15) is 9.59 Å². The molecule has 1 aliphatic rings. The number of aromatic nitrogens is 2. The zero-order chi connectivity index (χ0) is 19.1. The van der Waals surface area contributed by atoms with Crippen LogP contribution in [-0.2, 0) is 6.54 Å². The number of aromatic amines is 1. The summed E-state index contributed by atoms with van der Waals surface area (Å²) in [5, 5.41) is 3.30. The van der Waals surface area contributed by atoms with Crippen LogP contribution in [0.15, 0.2) is 23.0 Å². The summed E-state index contributed by atoms with van der Waals surface area (Å²) >= 11 is 1.21. The van der Waals surface area contributed by atoms with Crippen LogP contribution in [-0.4, -0.2) is 41.7 Å². The number of hydrogen-bond donors (Lipinski definition) is 2. The molecule has 0 fully saturated rings. The average Bonchev–Trinajstić information content (AvgIpc) is 3.18. The molecule has 8 nitrogen and oxygen atoms in total. The summed E-state index contributed by atoms with van der Waals surface area (Å²) in [6, 6.07) is 5.20. The summed E-state index contributed by atoms with van der Waals surface area (Å²) < 4.78 is 10.6. The lowest BCUT2D eigenvalue weighted by Gasteiger charge is -2.07. The number of hydrogen-bond acceptors (Lipinski definition) is 7. The van der Waals surface area contributed by atoms with Gasteiger partial charge in [-0.25, -0.2) is 4.98 Å². The molecule has 0 saturated carbocycles. The number of amides is 1. The molecule has 140 valence electrons. The van der Waals surface area contributed by atoms with Gasteiger partial charge in [0.15, 0.2) is 11.5 Å². The minimum Gasteiger partial charge on any atom is -0.454 e. The van der Waals surface area contributed by atoms with Gasteiger partial charge in [-0.15, -0.1) is 11.3 Å². The van der Waals surface area contributed by atoms with Crippen molar-refractivity contribution >= 4 is 33.1 Å². The van der Waals surface area contributed by atoms with E-state index in [0.29, 0.717) is 50.2 Å². The predicted molar refractivity (Wildman–Crippen MR) is 103 cm³/mol. The molecule has 1 amide bonds. The maximum atomic E-state index is 12.8. The van der Waals surface area contributed by atoms with E-state index in [4.69, 9.17) is 9.47 Å². The number of aryl methyl sites for hydroxylation is 1. The summed E-state index contributed by atoms with van der Waals surface area (Å²) in [6.45, 7) is 2.45. The summed E-state index contributed by atoms with van der Waals surface area (Å²) in [7, 11) is 3.79. The molecule has 3 heterocycles. The van der Waals surface area contributed by atoms with Crippen LogP contribution < -0.4 is 20.3 Å². The van der Waals surface area contributed by atoms with Crippen molar-refractivity contribution in [1.29, 1.82) is 0 Å². The lowest BCUT2D eigenvalue weighted by Crippen LogP contribution is -2.18. The van der Waals surface area contributed by atoms with Crippen molar-refractivity contribution in [3.63, 3.8) is 0 Å². The van der Waals surface area contributed by atoms with Crippen molar-refractivity contribution in [3.8, 4) is 11.5 Å². The SMILES string of the molecule is Cc1c(C(=O)Nc2ccc3c(c2)OCO3)sc2nc(CN(C)C)[nH]c(=O)c12. The first-order chi connectivity index (χ1) is 12.9. The van der Waals surface area contributed by atoms with E-state index in [1.54, 1.807) is 25.1 Å². The number of rotatable bonds is 4. The molecule has 0 atom stereocenters. The van der Waals surface area contributed by atoms with E-state index in [-0.39, 0.29) is 18.3 Å². The number of H-pyrrole nitrogens is 1. The van der Waals surface area contributed by atoms with E-state index >= 15 is 0 Å². The highest BCUT2D eigenvalue weighted by Crippen LogP contribution is 2.35. The fourth-order valence-electron chi connectivity index (χ4n) is 2.94. The molecule has 9 heteroatoms. The first-order valence-corrected chi connectivity index (χ1v) is 9.12. The van der Waals surface area contributed by atoms with E-state index in [1.165, 1.54) is 11.3 Å². The fraction of sp³-hybridized carbons (Fsp3) is 0.278. The van der Waals surface area contributed by atoms with E-state index in [2.05, 4.69) is 15.3 Å². The van der Waals surface area contributed by atoms with Gasteiger partial charge in [-0.1, -0.05) is 0 Å². The third-order valence-electron chi connectivity index (χ3n) is 4.15. The third kappa shape index (κ3) is 3.26. The van der Waals surface area contributed by atoms with E-state index < -0.39 is 0 Å². The second-order valence-electron chi connectivity index (χ2n) is 6.51. The van der Waals surface area contributed by atoms with Gasteiger partial charge in [0.05, 0.1) is 16.8 Å². The number of nitrogens with zero attached hydrogens (tertiary/aromatic N) is 2. The summed E-state index contributed by atoms with van der Waals surface area (Å²) in [6.07, 6.45) is 0. The quantitative estimate of drug-likeness (QED) is 0.714. The van der Waals surface area contributed by atoms with Crippen LogP contribution in [0.2, 0.25) is 0 Å². The maximum Gasteiger partial charge on any atom is 0.266 e. The summed E-state index contributed by atoms with van der Waals surface area (Å²) in [5.41, 5.74) is 0.988. The van der Waals surface area contributed by atoms with E-state index in [1.807, 2.05) is 19.0 Å². The number of carbonyl (C=O) groups excluding carboxylic acids is 1. The Kier molecular flexibility index (Phi) is 4.33. The lowest BCUT2D eigenvalue weighted by molar-refractivity contribution is 0.103. The number of benzene rings is 1. The van der Waals surface area contributed by atoms with Crippen molar-refractivity contribution in [2.75, 3.05) is 26.2 Å². The highest BCUT2D eigenvalue weighted by atomic mass is 32.1. The van der Waals surface area contributed by atoms with Gasteiger partial charge < -0.3 is 24.7 Å². The lowest BCUT2D eigenvalue weighted by atomic mass is 10.2. The number of nitrogens with one attached hydrogen (secondary N) is 2. The zero-order valence-corrected chi connectivity index (χ0v) is 15.9. The van der Waals surface area contributed by atoms with Crippen molar-refractivity contribution < 1.29 is 14.3 Å². The number of anilines is 1. The normalized spacial score (nSPS) is 12.7. The largest absolute Gasteiger partial charge is 0.454 e. The molecule has 1 aromatic carbocycles. The van der Waals surface area contributed by atoms with Gasteiger partial charge in [-0.2, -0.15) is 0 Å². The van der Waals surface area contributed by atoms with Crippen LogP contribution in [0.1, 0.15) is 21.1 Å². The predicted octanol–water partition coefficient (Wildman–Crippen LogP) is 2.34. The molecule has 0 saturated heterocycles. The maximum absolute atomic E-state index is 12.8. The van der Waals surface area contributed by atoms with Crippen LogP contribution in [0, 0.1) is 6.92 Å². The Morgan fingerprint density at radius 3 is 2.89 bits per heavy atom. The standard InChI is InChI=1S/C18H18N4O4S/c1-9-14-16(23)20-13(7-22(2)3)21-18(14)27-15(9)17(24)19-10-4-5-11-12(6-10)26-8-25-11/h4-6H,7-8H2,1-3H3,(H,19,24)(H,20,21,23). The van der Waals surface area contributed by atoms with Crippen molar-refractivity contribution in [2.24, 2.45) is 0 Å². The Bertz CT molecular complexity index is 1100. The third-order valence-corrected chi connectivity index (χ3v) is 5.34. The van der Waals surface area contributed by atoms with Crippen LogP contribution in [0.3, 0.4) is 0 Å². The first kappa shape index (κ1) is 17.5. The minimum absolute atomic E-state index is 0.173. The Balaban J connectivity index is 1.66. The topological polar surface area (TPSA) is 96.6 Å². The van der Waals surface area contributed by atoms with Gasteiger partial charge in [0.1, 0.15) is 10.7 Å². The van der Waals surface area contributed by atoms with Gasteiger partial charge in [-0.05, 0) is 38.7 Å². The molecule has 0 spiro atoms. The monoisotopic (exact) mass is 386 g/mol.